The number of piperazine rings is 1. The summed E-state index contributed by atoms with van der Waals surface area (Å²) in [6.07, 6.45) is 4.03. The number of aryl methyl sites for hydroxylation is 1. The highest BCUT2D eigenvalue weighted by Gasteiger charge is 2.31. The third-order valence-corrected chi connectivity index (χ3v) is 6.62. The van der Waals surface area contributed by atoms with E-state index in [4.69, 9.17) is 0 Å². The number of carbonyl (C=O) groups is 2. The summed E-state index contributed by atoms with van der Waals surface area (Å²) in [5.74, 6) is -0.498. The van der Waals surface area contributed by atoms with Crippen molar-refractivity contribution in [3.05, 3.63) is 35.3 Å². The van der Waals surface area contributed by atoms with E-state index in [0.29, 0.717) is 29.2 Å². The Kier molecular flexibility index (Phi) is 6.46. The Morgan fingerprint density at radius 3 is 2.68 bits per heavy atom. The van der Waals surface area contributed by atoms with E-state index in [-0.39, 0.29) is 23.8 Å². The lowest BCUT2D eigenvalue weighted by Crippen LogP contribution is -2.55. The maximum absolute atomic E-state index is 14.1. The summed E-state index contributed by atoms with van der Waals surface area (Å²) >= 11 is 0. The van der Waals surface area contributed by atoms with Crippen molar-refractivity contribution in [3.8, 4) is 0 Å². The lowest BCUT2D eigenvalue weighted by molar-refractivity contribution is 0.0762. The summed E-state index contributed by atoms with van der Waals surface area (Å²) < 4.78 is 14.1. The second kappa shape index (κ2) is 9.26. The highest BCUT2D eigenvalue weighted by atomic mass is 19.1. The first kappa shape index (κ1) is 21.6. The largest absolute Gasteiger partial charge is 0.350 e. The monoisotopic (exact) mass is 429 g/mol. The zero-order valence-corrected chi connectivity index (χ0v) is 18.3. The molecule has 1 aromatic heterocycles. The molecular weight excluding hydrogens is 397 g/mol. The van der Waals surface area contributed by atoms with E-state index in [1.165, 1.54) is 6.07 Å². The second-order valence-electron chi connectivity index (χ2n) is 8.69. The van der Waals surface area contributed by atoms with Gasteiger partial charge < -0.3 is 20.5 Å². The van der Waals surface area contributed by atoms with Gasteiger partial charge in [0, 0.05) is 50.2 Å². The maximum atomic E-state index is 14.1. The molecule has 1 saturated heterocycles. The molecule has 168 valence electrons. The third kappa shape index (κ3) is 4.69. The Morgan fingerprint density at radius 2 is 1.97 bits per heavy atom. The molecule has 2 aromatic rings. The number of aromatic nitrogens is 1. The number of benzene rings is 1. The van der Waals surface area contributed by atoms with E-state index < -0.39 is 0 Å². The smallest absolute Gasteiger partial charge is 0.317 e. The van der Waals surface area contributed by atoms with Crippen LogP contribution >= 0.6 is 0 Å². The Labute approximate surface area is 182 Å². The van der Waals surface area contributed by atoms with Gasteiger partial charge in [0.05, 0.1) is 5.52 Å². The molecule has 31 heavy (non-hydrogen) atoms. The minimum Gasteiger partial charge on any atom is -0.350 e. The number of hydrogen-bond donors (Lipinski definition) is 3. The van der Waals surface area contributed by atoms with Crippen LogP contribution < -0.4 is 10.6 Å². The summed E-state index contributed by atoms with van der Waals surface area (Å²) in [6.45, 7) is 7.67. The van der Waals surface area contributed by atoms with Crippen molar-refractivity contribution < 1.29 is 14.0 Å². The number of fused-ring (bicyclic) bond motifs is 1. The Morgan fingerprint density at radius 1 is 1.19 bits per heavy atom. The van der Waals surface area contributed by atoms with Gasteiger partial charge in [0.25, 0.3) is 5.91 Å². The van der Waals surface area contributed by atoms with E-state index in [9.17, 15) is 14.0 Å². The summed E-state index contributed by atoms with van der Waals surface area (Å²) in [7, 11) is 0. The molecule has 1 saturated carbocycles. The molecule has 1 aliphatic carbocycles. The molecule has 0 unspecified atom stereocenters. The van der Waals surface area contributed by atoms with Crippen LogP contribution in [0.25, 0.3) is 10.9 Å². The molecule has 3 N–H and O–H groups in total. The first-order chi connectivity index (χ1) is 15.0. The molecule has 3 amide bonds. The van der Waals surface area contributed by atoms with E-state index >= 15 is 0 Å². The van der Waals surface area contributed by atoms with Crippen molar-refractivity contribution in [1.29, 1.82) is 0 Å². The van der Waals surface area contributed by atoms with Crippen LogP contribution in [0.4, 0.5) is 9.18 Å². The molecule has 2 atom stereocenters. The number of nitrogens with one attached hydrogen (secondary N) is 3. The highest BCUT2D eigenvalue weighted by molar-refractivity contribution is 5.99. The van der Waals surface area contributed by atoms with E-state index in [1.54, 1.807) is 12.1 Å². The van der Waals surface area contributed by atoms with Crippen molar-refractivity contribution >= 4 is 22.8 Å². The molecular formula is C23H32FN5O2. The summed E-state index contributed by atoms with van der Waals surface area (Å²) in [6, 6.07) is 5.29. The number of H-pyrrole nitrogens is 1. The zero-order chi connectivity index (χ0) is 22.0. The molecule has 2 fully saturated rings. The van der Waals surface area contributed by atoms with Crippen molar-refractivity contribution in [2.24, 2.45) is 0 Å². The SMILES string of the molecule is CCNC(=O)N1CCN([C@@H]2CCC[C@@H](NC(=O)c3cc4c(F)ccc(C)c4[nH]3)C2)CC1. The van der Waals surface area contributed by atoms with Crippen LogP contribution in [0.2, 0.25) is 0 Å². The third-order valence-electron chi connectivity index (χ3n) is 6.62. The van der Waals surface area contributed by atoms with Crippen molar-refractivity contribution in [3.63, 3.8) is 0 Å². The Balaban J connectivity index is 1.34. The van der Waals surface area contributed by atoms with Crippen LogP contribution in [-0.2, 0) is 0 Å². The molecule has 0 spiro atoms. The van der Waals surface area contributed by atoms with Gasteiger partial charge in [-0.15, -0.1) is 0 Å². The van der Waals surface area contributed by atoms with Crippen molar-refractivity contribution in [2.75, 3.05) is 32.7 Å². The quantitative estimate of drug-likeness (QED) is 0.699. The van der Waals surface area contributed by atoms with Gasteiger partial charge in [-0.2, -0.15) is 0 Å². The number of carbonyl (C=O) groups excluding carboxylic acids is 2. The average Bonchev–Trinajstić information content (AvgIpc) is 3.24. The van der Waals surface area contributed by atoms with Crippen LogP contribution in [0.15, 0.2) is 18.2 Å². The molecule has 7 nitrogen and oxygen atoms in total. The predicted octanol–water partition coefficient (Wildman–Crippen LogP) is 3.00. The van der Waals surface area contributed by atoms with Gasteiger partial charge in [0.1, 0.15) is 11.5 Å². The standard InChI is InChI=1S/C23H32FN5O2/c1-3-25-23(31)29-11-9-28(10-12-29)17-6-4-5-16(13-17)26-22(30)20-14-18-19(24)8-7-15(2)21(18)27-20/h7-8,14,16-17,27H,3-6,9-13H2,1-2H3,(H,25,31)(H,26,30)/t16-,17-/m1/s1. The van der Waals surface area contributed by atoms with E-state index in [1.807, 2.05) is 18.7 Å². The van der Waals surface area contributed by atoms with Crippen LogP contribution in [0.5, 0.6) is 0 Å². The number of rotatable bonds is 4. The fourth-order valence-corrected chi connectivity index (χ4v) is 4.89. The molecule has 0 radical (unpaired) electrons. The highest BCUT2D eigenvalue weighted by Crippen LogP contribution is 2.26. The summed E-state index contributed by atoms with van der Waals surface area (Å²) in [4.78, 5) is 32.3. The number of amides is 3. The fourth-order valence-electron chi connectivity index (χ4n) is 4.89. The van der Waals surface area contributed by atoms with Crippen molar-refractivity contribution in [2.45, 2.75) is 51.6 Å². The molecule has 0 bridgehead atoms. The van der Waals surface area contributed by atoms with Gasteiger partial charge >= 0.3 is 6.03 Å². The van der Waals surface area contributed by atoms with E-state index in [0.717, 1.165) is 57.4 Å². The fraction of sp³-hybridized carbons (Fsp3) is 0.565. The minimum atomic E-state index is -0.319. The van der Waals surface area contributed by atoms with Gasteiger partial charge in [0.15, 0.2) is 0 Å². The predicted molar refractivity (Wildman–Crippen MR) is 119 cm³/mol. The van der Waals surface area contributed by atoms with Crippen LogP contribution in [0.3, 0.4) is 0 Å². The number of nitrogens with zero attached hydrogens (tertiary/aromatic N) is 2. The van der Waals surface area contributed by atoms with Crippen LogP contribution in [0, 0.1) is 12.7 Å². The molecule has 4 rings (SSSR count). The number of aromatic amines is 1. The lowest BCUT2D eigenvalue weighted by atomic mass is 9.89. The van der Waals surface area contributed by atoms with Gasteiger partial charge in [-0.05, 0) is 57.2 Å². The minimum absolute atomic E-state index is 0.0148. The lowest BCUT2D eigenvalue weighted by Gasteiger charge is -2.42. The van der Waals surface area contributed by atoms with Gasteiger partial charge in [-0.3, -0.25) is 9.69 Å². The Bertz CT molecular complexity index is 912. The maximum Gasteiger partial charge on any atom is 0.317 e. The average molecular weight is 430 g/mol. The number of halogens is 1. The van der Waals surface area contributed by atoms with Crippen LogP contribution in [-0.4, -0.2) is 71.5 Å². The molecule has 2 heterocycles. The van der Waals surface area contributed by atoms with Gasteiger partial charge in [0.2, 0.25) is 0 Å². The number of urea groups is 1. The second-order valence-corrected chi connectivity index (χ2v) is 8.69. The van der Waals surface area contributed by atoms with Crippen LogP contribution in [0.1, 0.15) is 48.7 Å². The van der Waals surface area contributed by atoms with Gasteiger partial charge in [-0.25, -0.2) is 9.18 Å². The normalized spacial score (nSPS) is 22.5. The molecule has 8 heteroatoms. The summed E-state index contributed by atoms with van der Waals surface area (Å²) in [5, 5.41) is 6.47. The summed E-state index contributed by atoms with van der Waals surface area (Å²) in [5.41, 5.74) is 2.00. The van der Waals surface area contributed by atoms with Crippen molar-refractivity contribution in [1.82, 2.24) is 25.4 Å². The van der Waals surface area contributed by atoms with E-state index in [2.05, 4.69) is 20.5 Å². The molecule has 2 aliphatic rings. The topological polar surface area (TPSA) is 80.5 Å². The number of hydrogen-bond acceptors (Lipinski definition) is 3. The zero-order valence-electron chi connectivity index (χ0n) is 18.3. The molecule has 1 aromatic carbocycles. The molecule has 1 aliphatic heterocycles. The first-order valence-electron chi connectivity index (χ1n) is 11.3. The Hall–Kier alpha value is -2.61. The first-order valence-corrected chi connectivity index (χ1v) is 11.3. The van der Waals surface area contributed by atoms with Gasteiger partial charge in [-0.1, -0.05) is 6.07 Å².